The number of unbranched alkanes of at least 4 members (excludes halogenated alkanes) is 4. The zero-order valence-corrected chi connectivity index (χ0v) is 20.8. The van der Waals surface area contributed by atoms with Crippen molar-refractivity contribution in [1.82, 2.24) is 20.8 Å². The molecule has 1 atom stereocenters. The molecule has 9 heteroatoms. The molecule has 0 saturated heterocycles. The van der Waals surface area contributed by atoms with E-state index in [2.05, 4.69) is 27.7 Å². The summed E-state index contributed by atoms with van der Waals surface area (Å²) in [6.45, 7) is 2.51. The molecular formula is C27H34N4O5. The third-order valence-electron chi connectivity index (χ3n) is 5.77. The van der Waals surface area contributed by atoms with E-state index >= 15 is 0 Å². The van der Waals surface area contributed by atoms with Gasteiger partial charge in [0, 0.05) is 11.1 Å². The van der Waals surface area contributed by atoms with Crippen LogP contribution >= 0.6 is 0 Å². The fourth-order valence-corrected chi connectivity index (χ4v) is 3.68. The molecule has 0 aliphatic rings. The molecular weight excluding hydrogens is 460 g/mol. The van der Waals surface area contributed by atoms with E-state index in [0.717, 1.165) is 28.9 Å². The van der Waals surface area contributed by atoms with E-state index in [9.17, 15) is 9.59 Å². The van der Waals surface area contributed by atoms with E-state index in [0.29, 0.717) is 24.7 Å². The quantitative estimate of drug-likeness (QED) is 0.270. The highest BCUT2D eigenvalue weighted by molar-refractivity contribution is 5.85. The van der Waals surface area contributed by atoms with Crippen molar-refractivity contribution in [2.24, 2.45) is 0 Å². The molecule has 0 aliphatic heterocycles. The molecule has 0 saturated carbocycles. The van der Waals surface area contributed by atoms with Gasteiger partial charge in [-0.3, -0.25) is 9.59 Å². The molecule has 9 nitrogen and oxygen atoms in total. The summed E-state index contributed by atoms with van der Waals surface area (Å²) in [5.74, 6) is 0.259. The standard InChI is InChI=1S/C27H34N4O5/c1-3-4-5-6-7-16-35-22-14-12-21(13-15-22)27-30-25(31-36-27)20-10-8-19(9-11-20)17-23(28-2)26(34)29-18-24(32)33/h8-15,23,28H,3-7,16-18H2,1-2H3,(H,29,34)(H,32,33). The van der Waals surface area contributed by atoms with Crippen LogP contribution in [0.15, 0.2) is 53.1 Å². The molecule has 0 fully saturated rings. The van der Waals surface area contributed by atoms with Gasteiger partial charge < -0.3 is 25.0 Å². The van der Waals surface area contributed by atoms with Gasteiger partial charge >= 0.3 is 5.97 Å². The fraction of sp³-hybridized carbons (Fsp3) is 0.407. The Morgan fingerprint density at radius 2 is 1.69 bits per heavy atom. The molecule has 1 unspecified atom stereocenters. The van der Waals surface area contributed by atoms with Crippen molar-refractivity contribution in [1.29, 1.82) is 0 Å². The van der Waals surface area contributed by atoms with E-state index < -0.39 is 18.6 Å². The Morgan fingerprint density at radius 3 is 2.36 bits per heavy atom. The van der Waals surface area contributed by atoms with Crippen LogP contribution in [0.1, 0.15) is 44.6 Å². The van der Waals surface area contributed by atoms with Crippen molar-refractivity contribution in [3.8, 4) is 28.6 Å². The predicted octanol–water partition coefficient (Wildman–Crippen LogP) is 4.08. The SMILES string of the molecule is CCCCCCCOc1ccc(-c2nc(-c3ccc(CC(NC)C(=O)NCC(=O)O)cc3)no2)cc1. The Labute approximate surface area is 211 Å². The maximum Gasteiger partial charge on any atom is 0.322 e. The van der Waals surface area contributed by atoms with Crippen LogP contribution in [-0.2, 0) is 16.0 Å². The van der Waals surface area contributed by atoms with E-state index in [-0.39, 0.29) is 5.91 Å². The van der Waals surface area contributed by atoms with Gasteiger partial charge in [0.05, 0.1) is 12.6 Å². The van der Waals surface area contributed by atoms with Crippen molar-refractivity contribution >= 4 is 11.9 Å². The highest BCUT2D eigenvalue weighted by Crippen LogP contribution is 2.24. The lowest BCUT2D eigenvalue weighted by Gasteiger charge is -2.15. The van der Waals surface area contributed by atoms with Gasteiger partial charge in [-0.25, -0.2) is 0 Å². The second kappa shape index (κ2) is 14.0. The highest BCUT2D eigenvalue weighted by Gasteiger charge is 2.18. The molecule has 2 aromatic carbocycles. The third kappa shape index (κ3) is 8.20. The van der Waals surface area contributed by atoms with E-state index in [1.54, 1.807) is 7.05 Å². The summed E-state index contributed by atoms with van der Waals surface area (Å²) in [4.78, 5) is 27.3. The maximum atomic E-state index is 12.2. The van der Waals surface area contributed by atoms with E-state index in [1.807, 2.05) is 48.5 Å². The van der Waals surface area contributed by atoms with E-state index in [1.165, 1.54) is 25.7 Å². The number of carbonyl (C=O) groups excluding carboxylic acids is 1. The highest BCUT2D eigenvalue weighted by atomic mass is 16.5. The number of nitrogens with zero attached hydrogens (tertiary/aromatic N) is 2. The Morgan fingerprint density at radius 1 is 1.00 bits per heavy atom. The molecule has 3 rings (SSSR count). The number of hydrogen-bond acceptors (Lipinski definition) is 7. The van der Waals surface area contributed by atoms with E-state index in [4.69, 9.17) is 14.4 Å². The zero-order valence-electron chi connectivity index (χ0n) is 20.8. The first-order valence-corrected chi connectivity index (χ1v) is 12.3. The smallest absolute Gasteiger partial charge is 0.322 e. The lowest BCUT2D eigenvalue weighted by atomic mass is 10.0. The average Bonchev–Trinajstić information content (AvgIpc) is 3.39. The van der Waals surface area contributed by atoms with Gasteiger partial charge in [-0.1, -0.05) is 62.0 Å². The number of nitrogens with one attached hydrogen (secondary N) is 2. The largest absolute Gasteiger partial charge is 0.494 e. The molecule has 1 aromatic heterocycles. The molecule has 192 valence electrons. The first kappa shape index (κ1) is 26.9. The minimum absolute atomic E-state index is 0.366. The third-order valence-corrected chi connectivity index (χ3v) is 5.77. The Balaban J connectivity index is 1.54. The van der Waals surface area contributed by atoms with Gasteiger partial charge in [-0.05, 0) is 49.7 Å². The molecule has 1 amide bonds. The summed E-state index contributed by atoms with van der Waals surface area (Å²) in [7, 11) is 1.66. The van der Waals surface area contributed by atoms with Gasteiger partial charge in [-0.2, -0.15) is 4.98 Å². The zero-order chi connectivity index (χ0) is 25.8. The lowest BCUT2D eigenvalue weighted by Crippen LogP contribution is -2.45. The lowest BCUT2D eigenvalue weighted by molar-refractivity contribution is -0.138. The summed E-state index contributed by atoms with van der Waals surface area (Å²) >= 11 is 0. The molecule has 0 bridgehead atoms. The monoisotopic (exact) mass is 494 g/mol. The molecule has 1 heterocycles. The number of benzene rings is 2. The fourth-order valence-electron chi connectivity index (χ4n) is 3.68. The number of likely N-dealkylation sites (N-methyl/N-ethyl adjacent to an activating group) is 1. The van der Waals surface area contributed by atoms with Crippen molar-refractivity contribution in [3.63, 3.8) is 0 Å². The Hall–Kier alpha value is -3.72. The second-order valence-electron chi connectivity index (χ2n) is 8.56. The number of aliphatic carboxylic acids is 1. The number of amides is 1. The van der Waals surface area contributed by atoms with Crippen LogP contribution in [0.25, 0.3) is 22.8 Å². The first-order valence-electron chi connectivity index (χ1n) is 12.3. The minimum Gasteiger partial charge on any atom is -0.494 e. The number of carboxylic acids is 1. The molecule has 36 heavy (non-hydrogen) atoms. The first-order chi connectivity index (χ1) is 17.5. The number of ether oxygens (including phenoxy) is 1. The number of hydrogen-bond donors (Lipinski definition) is 3. The summed E-state index contributed by atoms with van der Waals surface area (Å²) in [6, 6.07) is 14.6. The van der Waals surface area contributed by atoms with Crippen molar-refractivity contribution in [2.45, 2.75) is 51.5 Å². The Bertz CT molecular complexity index is 1100. The van der Waals surface area contributed by atoms with Crippen LogP contribution in [0, 0.1) is 0 Å². The molecule has 0 spiro atoms. The summed E-state index contributed by atoms with van der Waals surface area (Å²) < 4.78 is 11.3. The van der Waals surface area contributed by atoms with Gasteiger partial charge in [0.1, 0.15) is 12.3 Å². The van der Waals surface area contributed by atoms with Crippen LogP contribution in [0.5, 0.6) is 5.75 Å². The number of rotatable bonds is 15. The predicted molar refractivity (Wildman–Crippen MR) is 137 cm³/mol. The summed E-state index contributed by atoms with van der Waals surface area (Å²) in [5, 5.41) is 18.1. The van der Waals surface area contributed by atoms with Gasteiger partial charge in [0.25, 0.3) is 5.89 Å². The normalized spacial score (nSPS) is 11.7. The van der Waals surface area contributed by atoms with Crippen LogP contribution in [0.2, 0.25) is 0 Å². The second-order valence-corrected chi connectivity index (χ2v) is 8.56. The maximum absolute atomic E-state index is 12.2. The van der Waals surface area contributed by atoms with Crippen LogP contribution < -0.4 is 15.4 Å². The van der Waals surface area contributed by atoms with Gasteiger partial charge in [-0.15, -0.1) is 0 Å². The van der Waals surface area contributed by atoms with Gasteiger partial charge in [0.2, 0.25) is 11.7 Å². The number of carbonyl (C=O) groups is 2. The van der Waals surface area contributed by atoms with Crippen molar-refractivity contribution < 1.29 is 24.0 Å². The molecule has 0 aliphatic carbocycles. The molecule has 0 radical (unpaired) electrons. The van der Waals surface area contributed by atoms with Crippen molar-refractivity contribution in [2.75, 3.05) is 20.2 Å². The van der Waals surface area contributed by atoms with Gasteiger partial charge in [0.15, 0.2) is 0 Å². The Kier molecular flexibility index (Phi) is 10.4. The topological polar surface area (TPSA) is 127 Å². The summed E-state index contributed by atoms with van der Waals surface area (Å²) in [6.07, 6.45) is 6.42. The molecule has 3 N–H and O–H groups in total. The number of carboxylic acid groups (broad SMARTS) is 1. The van der Waals surface area contributed by atoms with Crippen LogP contribution in [-0.4, -0.2) is 53.4 Å². The summed E-state index contributed by atoms with van der Waals surface area (Å²) in [5.41, 5.74) is 2.51. The van der Waals surface area contributed by atoms with Crippen LogP contribution in [0.4, 0.5) is 0 Å². The minimum atomic E-state index is -1.08. The number of aromatic nitrogens is 2. The average molecular weight is 495 g/mol. The van der Waals surface area contributed by atoms with Crippen LogP contribution in [0.3, 0.4) is 0 Å². The van der Waals surface area contributed by atoms with Crippen molar-refractivity contribution in [3.05, 3.63) is 54.1 Å². The molecule has 3 aromatic rings.